The maximum Gasteiger partial charge on any atom is 0.186 e. The second-order valence-electron chi connectivity index (χ2n) is 16.3. The van der Waals surface area contributed by atoms with Crippen LogP contribution in [-0.4, -0.2) is 75.6 Å². The van der Waals surface area contributed by atoms with Crippen molar-refractivity contribution in [2.24, 2.45) is 0 Å². The number of hydrogen-bond donors (Lipinski definition) is 0. The standard InChI is InChI=1S/C55H60O10/c1-56-55-54(62-38-46-30-18-7-19-31-46)53(61-37-45-28-16-6-17-29-45)52(49(64-55)40-58-34-42-22-10-3-11-23-42)65-50-32-47(59-35-43-24-12-4-13-25-43)51(60-36-44-26-14-5-15-27-44)48(63-50)39-57-33-41-20-8-2-9-21-41/h2-31,47-55H,32-40H2,1H3/t47-,48-,49-,50-,51-,52-,53+,54-,55+/m1/s1. The summed E-state index contributed by atoms with van der Waals surface area (Å²) in [7, 11) is 1.62. The van der Waals surface area contributed by atoms with Gasteiger partial charge < -0.3 is 47.4 Å². The molecule has 6 aromatic carbocycles. The minimum Gasteiger partial charge on any atom is -0.374 e. The molecule has 340 valence electrons. The summed E-state index contributed by atoms with van der Waals surface area (Å²) in [5.74, 6) is 0. The zero-order valence-electron chi connectivity index (χ0n) is 37.0. The summed E-state index contributed by atoms with van der Waals surface area (Å²) in [5.41, 5.74) is 6.19. The predicted octanol–water partition coefficient (Wildman–Crippen LogP) is 9.63. The summed E-state index contributed by atoms with van der Waals surface area (Å²) in [5, 5.41) is 0. The van der Waals surface area contributed by atoms with Crippen LogP contribution in [0.25, 0.3) is 0 Å². The van der Waals surface area contributed by atoms with Crippen LogP contribution in [0, 0.1) is 0 Å². The van der Waals surface area contributed by atoms with Crippen LogP contribution in [0.4, 0.5) is 0 Å². The zero-order chi connectivity index (χ0) is 44.3. The molecule has 65 heavy (non-hydrogen) atoms. The lowest BCUT2D eigenvalue weighted by molar-refractivity contribution is -0.355. The van der Waals surface area contributed by atoms with E-state index in [1.54, 1.807) is 7.11 Å². The molecule has 0 spiro atoms. The van der Waals surface area contributed by atoms with Crippen LogP contribution in [0.1, 0.15) is 39.8 Å². The van der Waals surface area contributed by atoms with E-state index in [0.717, 1.165) is 33.4 Å². The molecule has 0 radical (unpaired) electrons. The first-order valence-electron chi connectivity index (χ1n) is 22.5. The minimum atomic E-state index is -0.797. The van der Waals surface area contributed by atoms with E-state index in [0.29, 0.717) is 46.1 Å². The second-order valence-corrected chi connectivity index (χ2v) is 16.3. The van der Waals surface area contributed by atoms with E-state index in [1.807, 2.05) is 158 Å². The maximum atomic E-state index is 7.23. The Morgan fingerprint density at radius 3 is 1.15 bits per heavy atom. The lowest BCUT2D eigenvalue weighted by Gasteiger charge is -2.48. The van der Waals surface area contributed by atoms with E-state index < -0.39 is 55.3 Å². The molecule has 2 fully saturated rings. The average Bonchev–Trinajstić information content (AvgIpc) is 3.36. The van der Waals surface area contributed by atoms with Crippen molar-refractivity contribution in [2.75, 3.05) is 20.3 Å². The van der Waals surface area contributed by atoms with Gasteiger partial charge in [0.25, 0.3) is 0 Å². The monoisotopic (exact) mass is 880 g/mol. The Morgan fingerprint density at radius 1 is 0.385 bits per heavy atom. The summed E-state index contributed by atoms with van der Waals surface area (Å²) in [4.78, 5) is 0. The smallest absolute Gasteiger partial charge is 0.186 e. The molecule has 0 aliphatic carbocycles. The van der Waals surface area contributed by atoms with Crippen molar-refractivity contribution in [1.82, 2.24) is 0 Å². The van der Waals surface area contributed by atoms with Crippen LogP contribution in [-0.2, 0) is 87.0 Å². The van der Waals surface area contributed by atoms with Gasteiger partial charge in [-0.1, -0.05) is 182 Å². The van der Waals surface area contributed by atoms with Crippen LogP contribution in [0.5, 0.6) is 0 Å². The second kappa shape index (κ2) is 25.0. The highest BCUT2D eigenvalue weighted by Gasteiger charge is 2.51. The van der Waals surface area contributed by atoms with Crippen molar-refractivity contribution >= 4 is 0 Å². The van der Waals surface area contributed by atoms with Gasteiger partial charge in [-0.2, -0.15) is 0 Å². The molecule has 2 aliphatic heterocycles. The molecular weight excluding hydrogens is 821 g/mol. The first-order valence-corrected chi connectivity index (χ1v) is 22.5. The summed E-state index contributed by atoms with van der Waals surface area (Å²) in [6, 6.07) is 60.5. The highest BCUT2D eigenvalue weighted by Crippen LogP contribution is 2.35. The van der Waals surface area contributed by atoms with Crippen LogP contribution in [0.2, 0.25) is 0 Å². The molecule has 6 aromatic rings. The Hall–Kier alpha value is -5.08. The van der Waals surface area contributed by atoms with E-state index in [9.17, 15) is 0 Å². The third-order valence-corrected chi connectivity index (χ3v) is 11.6. The zero-order valence-corrected chi connectivity index (χ0v) is 37.0. The van der Waals surface area contributed by atoms with Crippen molar-refractivity contribution in [1.29, 1.82) is 0 Å². The summed E-state index contributed by atoms with van der Waals surface area (Å²) in [6.07, 6.45) is -5.51. The molecule has 2 heterocycles. The summed E-state index contributed by atoms with van der Waals surface area (Å²) < 4.78 is 67.1. The van der Waals surface area contributed by atoms with Gasteiger partial charge in [-0.25, -0.2) is 0 Å². The normalized spacial score (nSPS) is 24.4. The van der Waals surface area contributed by atoms with Gasteiger partial charge in [0, 0.05) is 13.5 Å². The van der Waals surface area contributed by atoms with Crippen LogP contribution < -0.4 is 0 Å². The SMILES string of the molecule is CO[C@H]1O[C@H](COCc2ccccc2)[C@@H](O[C@@H]2C[C@@H](OCc3ccccc3)[C@@H](OCc3ccccc3)[C@@H](COCc3ccccc3)O2)[C@H](OCc2ccccc2)[C@H]1OCc1ccccc1. The van der Waals surface area contributed by atoms with E-state index in [1.165, 1.54) is 0 Å². The van der Waals surface area contributed by atoms with Gasteiger partial charge >= 0.3 is 0 Å². The van der Waals surface area contributed by atoms with Gasteiger partial charge in [0.1, 0.15) is 36.6 Å². The molecule has 0 unspecified atom stereocenters. The van der Waals surface area contributed by atoms with Crippen molar-refractivity contribution < 1.29 is 47.4 Å². The van der Waals surface area contributed by atoms with E-state index in [-0.39, 0.29) is 13.2 Å². The molecule has 0 bridgehead atoms. The highest BCUT2D eigenvalue weighted by molar-refractivity contribution is 5.18. The van der Waals surface area contributed by atoms with Crippen LogP contribution in [0.3, 0.4) is 0 Å². The number of methoxy groups -OCH3 is 1. The van der Waals surface area contributed by atoms with Gasteiger partial charge in [0.2, 0.25) is 0 Å². The fourth-order valence-corrected chi connectivity index (χ4v) is 8.21. The molecule has 2 saturated heterocycles. The van der Waals surface area contributed by atoms with Crippen molar-refractivity contribution in [3.63, 3.8) is 0 Å². The maximum absolute atomic E-state index is 7.23. The van der Waals surface area contributed by atoms with Gasteiger partial charge in [0.05, 0.1) is 59.0 Å². The van der Waals surface area contributed by atoms with Crippen molar-refractivity contribution in [2.45, 2.75) is 101 Å². The average molecular weight is 881 g/mol. The van der Waals surface area contributed by atoms with Crippen LogP contribution >= 0.6 is 0 Å². The van der Waals surface area contributed by atoms with E-state index in [4.69, 9.17) is 47.4 Å². The quantitative estimate of drug-likeness (QED) is 0.0620. The van der Waals surface area contributed by atoms with Gasteiger partial charge in [0.15, 0.2) is 12.6 Å². The molecule has 10 heteroatoms. The molecule has 8 rings (SSSR count). The first kappa shape index (κ1) is 46.4. The molecule has 0 saturated carbocycles. The van der Waals surface area contributed by atoms with Crippen LogP contribution in [0.15, 0.2) is 182 Å². The number of benzene rings is 6. The lowest BCUT2D eigenvalue weighted by atomic mass is 9.97. The molecule has 10 nitrogen and oxygen atoms in total. The van der Waals surface area contributed by atoms with E-state index >= 15 is 0 Å². The molecular formula is C55H60O10. The van der Waals surface area contributed by atoms with Gasteiger partial charge in [-0.15, -0.1) is 0 Å². The van der Waals surface area contributed by atoms with Crippen molar-refractivity contribution in [3.8, 4) is 0 Å². The largest absolute Gasteiger partial charge is 0.374 e. The highest BCUT2D eigenvalue weighted by atomic mass is 16.7. The Bertz CT molecular complexity index is 2190. The molecule has 0 amide bonds. The Kier molecular flexibility index (Phi) is 17.9. The number of ether oxygens (including phenoxy) is 10. The Balaban J connectivity index is 1.10. The van der Waals surface area contributed by atoms with Gasteiger partial charge in [-0.3, -0.25) is 0 Å². The lowest BCUT2D eigenvalue weighted by Crippen LogP contribution is -2.63. The fourth-order valence-electron chi connectivity index (χ4n) is 8.21. The Morgan fingerprint density at radius 2 is 0.738 bits per heavy atom. The topological polar surface area (TPSA) is 92.3 Å². The third kappa shape index (κ3) is 14.0. The Labute approximate surface area is 383 Å². The summed E-state index contributed by atoms with van der Waals surface area (Å²) >= 11 is 0. The predicted molar refractivity (Wildman–Crippen MR) is 246 cm³/mol. The minimum absolute atomic E-state index is 0.184. The third-order valence-electron chi connectivity index (χ3n) is 11.6. The van der Waals surface area contributed by atoms with Gasteiger partial charge in [-0.05, 0) is 33.4 Å². The number of hydrogen-bond acceptors (Lipinski definition) is 10. The summed E-state index contributed by atoms with van der Waals surface area (Å²) in [6.45, 7) is 2.53. The first-order chi connectivity index (χ1) is 32.2. The van der Waals surface area contributed by atoms with Crippen molar-refractivity contribution in [3.05, 3.63) is 215 Å². The van der Waals surface area contributed by atoms with E-state index in [2.05, 4.69) is 24.3 Å². The molecule has 9 atom stereocenters. The molecule has 0 aromatic heterocycles. The molecule has 2 aliphatic rings. The number of rotatable bonds is 23. The molecule has 0 N–H and O–H groups in total. The fraction of sp³-hybridized carbons (Fsp3) is 0.345.